The maximum Gasteiger partial charge on any atom is 0.222 e. The summed E-state index contributed by atoms with van der Waals surface area (Å²) in [6, 6.07) is 5.45. The lowest BCUT2D eigenvalue weighted by molar-refractivity contribution is -0.131. The highest BCUT2D eigenvalue weighted by Gasteiger charge is 2.16. The zero-order valence-corrected chi connectivity index (χ0v) is 11.9. The van der Waals surface area contributed by atoms with Gasteiger partial charge in [-0.25, -0.2) is 0 Å². The number of benzene rings is 1. The number of hydrogen-bond acceptors (Lipinski definition) is 4. The molecule has 0 radical (unpaired) electrons. The van der Waals surface area contributed by atoms with E-state index in [0.717, 1.165) is 38.2 Å². The van der Waals surface area contributed by atoms with E-state index in [1.54, 1.807) is 6.07 Å². The van der Waals surface area contributed by atoms with Crippen LogP contribution in [0, 0.1) is 0 Å². The van der Waals surface area contributed by atoms with Crippen molar-refractivity contribution in [2.75, 3.05) is 33.3 Å². The molecule has 1 aliphatic rings. The summed E-state index contributed by atoms with van der Waals surface area (Å²) in [7, 11) is 1.53. The third-order valence-electron chi connectivity index (χ3n) is 3.61. The molecular weight excluding hydrogens is 256 g/mol. The molecular formula is C15H22N2O3. The van der Waals surface area contributed by atoms with E-state index in [4.69, 9.17) is 4.74 Å². The molecule has 1 aliphatic heterocycles. The monoisotopic (exact) mass is 278 g/mol. The Morgan fingerprint density at radius 2 is 2.15 bits per heavy atom. The molecule has 1 aromatic rings. The van der Waals surface area contributed by atoms with Crippen molar-refractivity contribution in [3.63, 3.8) is 0 Å². The lowest BCUT2D eigenvalue weighted by Gasteiger charge is -2.27. The molecule has 2 rings (SSSR count). The zero-order chi connectivity index (χ0) is 14.4. The third-order valence-corrected chi connectivity index (χ3v) is 3.61. The Morgan fingerprint density at radius 1 is 1.40 bits per heavy atom. The Labute approximate surface area is 119 Å². The van der Waals surface area contributed by atoms with Crippen molar-refractivity contribution >= 4 is 5.91 Å². The Morgan fingerprint density at radius 3 is 2.85 bits per heavy atom. The highest BCUT2D eigenvalue weighted by atomic mass is 16.5. The van der Waals surface area contributed by atoms with Crippen molar-refractivity contribution in [2.24, 2.45) is 0 Å². The molecule has 2 N–H and O–H groups in total. The van der Waals surface area contributed by atoms with Crippen molar-refractivity contribution in [3.05, 3.63) is 23.8 Å². The van der Waals surface area contributed by atoms with Gasteiger partial charge in [-0.05, 0) is 24.5 Å². The minimum absolute atomic E-state index is 0.185. The summed E-state index contributed by atoms with van der Waals surface area (Å²) in [5.41, 5.74) is 0.831. The van der Waals surface area contributed by atoms with Crippen LogP contribution in [-0.4, -0.2) is 49.2 Å². The number of ether oxygens (including phenoxy) is 1. The highest BCUT2D eigenvalue weighted by molar-refractivity contribution is 5.76. The van der Waals surface area contributed by atoms with Crippen molar-refractivity contribution in [3.8, 4) is 11.5 Å². The molecule has 5 nitrogen and oxygen atoms in total. The van der Waals surface area contributed by atoms with Crippen LogP contribution in [0.4, 0.5) is 0 Å². The van der Waals surface area contributed by atoms with Gasteiger partial charge in [0, 0.05) is 32.6 Å². The average molecular weight is 278 g/mol. The summed E-state index contributed by atoms with van der Waals surface area (Å²) in [6.45, 7) is 3.34. The number of hydrogen-bond donors (Lipinski definition) is 2. The molecule has 0 bridgehead atoms. The zero-order valence-electron chi connectivity index (χ0n) is 11.9. The maximum atomic E-state index is 12.0. The molecule has 1 saturated heterocycles. The fourth-order valence-electron chi connectivity index (χ4n) is 2.44. The minimum atomic E-state index is 0.185. The van der Waals surface area contributed by atoms with Crippen molar-refractivity contribution in [1.29, 1.82) is 0 Å². The number of aromatic hydroxyl groups is 1. The van der Waals surface area contributed by atoms with Gasteiger partial charge in [-0.2, -0.15) is 0 Å². The van der Waals surface area contributed by atoms with E-state index in [1.807, 2.05) is 17.0 Å². The van der Waals surface area contributed by atoms with Gasteiger partial charge in [-0.15, -0.1) is 0 Å². The third kappa shape index (κ3) is 3.63. The second-order valence-corrected chi connectivity index (χ2v) is 4.95. The summed E-state index contributed by atoms with van der Waals surface area (Å²) >= 11 is 0. The van der Waals surface area contributed by atoms with Crippen LogP contribution in [0.2, 0.25) is 0 Å². The standard InChI is InChI=1S/C15H22N2O3/c1-20-13-6-2-4-12(15(13)19)5-3-7-14(18)17-10-8-16-9-11-17/h2,4,6,16,19H,3,5,7-11H2,1H3. The Balaban J connectivity index is 1.82. The first kappa shape index (κ1) is 14.7. The lowest BCUT2D eigenvalue weighted by atomic mass is 10.1. The van der Waals surface area contributed by atoms with Crippen LogP contribution in [0.25, 0.3) is 0 Å². The number of para-hydroxylation sites is 1. The van der Waals surface area contributed by atoms with Gasteiger partial charge in [0.05, 0.1) is 7.11 Å². The Bertz CT molecular complexity index is 456. The van der Waals surface area contributed by atoms with E-state index in [1.165, 1.54) is 7.11 Å². The van der Waals surface area contributed by atoms with E-state index in [0.29, 0.717) is 18.6 Å². The second-order valence-electron chi connectivity index (χ2n) is 4.95. The highest BCUT2D eigenvalue weighted by Crippen LogP contribution is 2.30. The fraction of sp³-hybridized carbons (Fsp3) is 0.533. The Hall–Kier alpha value is -1.75. The number of amides is 1. The smallest absolute Gasteiger partial charge is 0.222 e. The fourth-order valence-corrected chi connectivity index (χ4v) is 2.44. The lowest BCUT2D eigenvalue weighted by Crippen LogP contribution is -2.46. The van der Waals surface area contributed by atoms with Gasteiger partial charge in [-0.3, -0.25) is 4.79 Å². The normalized spacial score (nSPS) is 15.2. The quantitative estimate of drug-likeness (QED) is 0.848. The van der Waals surface area contributed by atoms with E-state index in [-0.39, 0.29) is 11.7 Å². The first-order valence-corrected chi connectivity index (χ1v) is 7.05. The van der Waals surface area contributed by atoms with E-state index in [9.17, 15) is 9.90 Å². The summed E-state index contributed by atoms with van der Waals surface area (Å²) in [5, 5.41) is 13.2. The van der Waals surface area contributed by atoms with Crippen LogP contribution in [0.5, 0.6) is 11.5 Å². The molecule has 0 saturated carbocycles. The number of aryl methyl sites for hydroxylation is 1. The largest absolute Gasteiger partial charge is 0.504 e. The number of phenols is 1. The van der Waals surface area contributed by atoms with Gasteiger partial charge in [0.25, 0.3) is 0 Å². The summed E-state index contributed by atoms with van der Waals surface area (Å²) in [6.07, 6.45) is 1.95. The van der Waals surface area contributed by atoms with Gasteiger partial charge >= 0.3 is 0 Å². The van der Waals surface area contributed by atoms with Gasteiger partial charge in [0.2, 0.25) is 5.91 Å². The maximum absolute atomic E-state index is 12.0. The predicted molar refractivity (Wildman–Crippen MR) is 77.0 cm³/mol. The molecule has 110 valence electrons. The predicted octanol–water partition coefficient (Wildman–Crippen LogP) is 1.16. The SMILES string of the molecule is COc1cccc(CCCC(=O)N2CCNCC2)c1O. The van der Waals surface area contributed by atoms with Crippen molar-refractivity contribution < 1.29 is 14.6 Å². The first-order valence-electron chi connectivity index (χ1n) is 7.05. The van der Waals surface area contributed by atoms with Gasteiger partial charge in [0.1, 0.15) is 0 Å². The molecule has 1 heterocycles. The molecule has 1 amide bonds. The van der Waals surface area contributed by atoms with Crippen molar-refractivity contribution in [1.82, 2.24) is 10.2 Å². The molecule has 0 atom stereocenters. The summed E-state index contributed by atoms with van der Waals surface area (Å²) in [5.74, 6) is 0.870. The number of methoxy groups -OCH3 is 1. The number of carbonyl (C=O) groups is 1. The van der Waals surface area contributed by atoms with E-state index in [2.05, 4.69) is 5.32 Å². The van der Waals surface area contributed by atoms with Crippen molar-refractivity contribution in [2.45, 2.75) is 19.3 Å². The van der Waals surface area contributed by atoms with Crippen LogP contribution in [-0.2, 0) is 11.2 Å². The van der Waals surface area contributed by atoms with Gasteiger partial charge < -0.3 is 20.1 Å². The van der Waals surface area contributed by atoms with Crippen LogP contribution in [0.3, 0.4) is 0 Å². The van der Waals surface area contributed by atoms with Crippen LogP contribution in [0.15, 0.2) is 18.2 Å². The number of carbonyl (C=O) groups excluding carboxylic acids is 1. The number of piperazine rings is 1. The van der Waals surface area contributed by atoms with E-state index >= 15 is 0 Å². The van der Waals surface area contributed by atoms with Gasteiger partial charge in [-0.1, -0.05) is 12.1 Å². The number of phenolic OH excluding ortho intramolecular Hbond substituents is 1. The van der Waals surface area contributed by atoms with Crippen LogP contribution >= 0.6 is 0 Å². The molecule has 0 aromatic heterocycles. The summed E-state index contributed by atoms with van der Waals surface area (Å²) < 4.78 is 5.08. The number of nitrogens with zero attached hydrogens (tertiary/aromatic N) is 1. The Kier molecular flexibility index (Phi) is 5.24. The van der Waals surface area contributed by atoms with Crippen LogP contribution < -0.4 is 10.1 Å². The number of nitrogens with one attached hydrogen (secondary N) is 1. The molecule has 0 unspecified atom stereocenters. The van der Waals surface area contributed by atoms with Crippen LogP contribution in [0.1, 0.15) is 18.4 Å². The molecule has 20 heavy (non-hydrogen) atoms. The number of rotatable bonds is 5. The summed E-state index contributed by atoms with van der Waals surface area (Å²) in [4.78, 5) is 13.9. The average Bonchev–Trinajstić information content (AvgIpc) is 2.49. The molecule has 0 aliphatic carbocycles. The molecule has 1 fully saturated rings. The van der Waals surface area contributed by atoms with Gasteiger partial charge in [0.15, 0.2) is 11.5 Å². The second kappa shape index (κ2) is 7.14. The molecule has 0 spiro atoms. The topological polar surface area (TPSA) is 61.8 Å². The molecule has 5 heteroatoms. The minimum Gasteiger partial charge on any atom is -0.504 e. The first-order chi connectivity index (χ1) is 9.72. The molecule has 1 aromatic carbocycles. The van der Waals surface area contributed by atoms with E-state index < -0.39 is 0 Å².